The van der Waals surface area contributed by atoms with Gasteiger partial charge in [0.15, 0.2) is 0 Å². The minimum Gasteiger partial charge on any atom is -0.455 e. The van der Waals surface area contributed by atoms with Gasteiger partial charge in [0, 0.05) is 44.3 Å². The van der Waals surface area contributed by atoms with Crippen LogP contribution in [0.4, 0.5) is 0 Å². The number of aryl methyl sites for hydroxylation is 1. The van der Waals surface area contributed by atoms with E-state index in [1.807, 2.05) is 6.07 Å². The maximum absolute atomic E-state index is 6.66. The van der Waals surface area contributed by atoms with Crippen LogP contribution >= 0.6 is 0 Å². The first-order chi connectivity index (χ1) is 32.5. The fourth-order valence-electron chi connectivity index (χ4n) is 11.3. The summed E-state index contributed by atoms with van der Waals surface area (Å²) in [7, 11) is 0. The number of hydrogen-bond acceptors (Lipinski definition) is 2. The maximum Gasteiger partial charge on any atom is 0.144 e. The molecule has 3 heterocycles. The number of para-hydroxylation sites is 3. The molecule has 3 heteroatoms. The molecule has 2 atom stereocenters. The average molecular weight is 853 g/mol. The van der Waals surface area contributed by atoms with Crippen molar-refractivity contribution in [1.82, 2.24) is 4.57 Å². The third kappa shape index (κ3) is 6.68. The minimum absolute atomic E-state index is 0.221. The van der Waals surface area contributed by atoms with Gasteiger partial charge in [-0.2, -0.15) is 0 Å². The van der Waals surface area contributed by atoms with Crippen molar-refractivity contribution in [2.45, 2.75) is 58.8 Å². The van der Waals surface area contributed by atoms with E-state index in [2.05, 4.69) is 207 Å². The summed E-state index contributed by atoms with van der Waals surface area (Å²) in [6.07, 6.45) is 4.58. The van der Waals surface area contributed by atoms with Gasteiger partial charge in [-0.25, -0.2) is 0 Å². The Balaban J connectivity index is 1.02. The Morgan fingerprint density at radius 2 is 1.33 bits per heavy atom. The predicted octanol–water partition coefficient (Wildman–Crippen LogP) is 16.9. The first kappa shape index (κ1) is 40.1. The average Bonchev–Trinajstić information content (AvgIpc) is 3.88. The van der Waals surface area contributed by atoms with Gasteiger partial charge in [0.1, 0.15) is 11.2 Å². The number of nitrogens with zero attached hydrogens (tertiary/aromatic N) is 2. The number of aromatic nitrogens is 1. The van der Waals surface area contributed by atoms with Crippen LogP contribution in [0.5, 0.6) is 0 Å². The summed E-state index contributed by atoms with van der Waals surface area (Å²) in [5.74, 6) is 0.561. The van der Waals surface area contributed by atoms with Crippen LogP contribution < -0.4 is 0 Å². The maximum atomic E-state index is 6.66. The van der Waals surface area contributed by atoms with E-state index in [-0.39, 0.29) is 5.92 Å². The van der Waals surface area contributed by atoms with Crippen molar-refractivity contribution in [2.75, 3.05) is 0 Å². The Bertz CT molecular complexity index is 3600. The Morgan fingerprint density at radius 1 is 0.636 bits per heavy atom. The summed E-state index contributed by atoms with van der Waals surface area (Å²) in [5, 5.41) is 4.90. The normalized spacial score (nSPS) is 17.9. The van der Waals surface area contributed by atoms with Gasteiger partial charge < -0.3 is 8.98 Å². The summed E-state index contributed by atoms with van der Waals surface area (Å²) in [6.45, 7) is 7.04. The van der Waals surface area contributed by atoms with E-state index in [1.54, 1.807) is 0 Å². The third-order valence-corrected chi connectivity index (χ3v) is 14.8. The third-order valence-electron chi connectivity index (χ3n) is 14.8. The van der Waals surface area contributed by atoms with Gasteiger partial charge in [-0.3, -0.25) is 4.99 Å². The van der Waals surface area contributed by atoms with Crippen molar-refractivity contribution in [1.29, 1.82) is 0 Å². The molecule has 0 radical (unpaired) electrons. The molecule has 0 amide bonds. The van der Waals surface area contributed by atoms with Crippen molar-refractivity contribution >= 4 is 60.7 Å². The van der Waals surface area contributed by atoms with E-state index in [0.29, 0.717) is 5.92 Å². The summed E-state index contributed by atoms with van der Waals surface area (Å²) in [4.78, 5) is 5.73. The van der Waals surface area contributed by atoms with Crippen LogP contribution in [0.1, 0.15) is 85.8 Å². The second kappa shape index (κ2) is 16.5. The molecule has 0 saturated carbocycles. The van der Waals surface area contributed by atoms with Crippen molar-refractivity contribution in [2.24, 2.45) is 10.9 Å². The molecule has 0 bridgehead atoms. The highest BCUT2D eigenvalue weighted by atomic mass is 16.3. The smallest absolute Gasteiger partial charge is 0.144 e. The Labute approximate surface area is 387 Å². The van der Waals surface area contributed by atoms with Crippen molar-refractivity contribution in [3.63, 3.8) is 0 Å². The van der Waals surface area contributed by atoms with Gasteiger partial charge in [0.25, 0.3) is 0 Å². The number of hydrogen-bond donors (Lipinski definition) is 0. The van der Waals surface area contributed by atoms with Crippen molar-refractivity contribution in [3.8, 4) is 16.8 Å². The van der Waals surface area contributed by atoms with Crippen LogP contribution in [0.25, 0.3) is 71.8 Å². The minimum atomic E-state index is 0.221. The van der Waals surface area contributed by atoms with E-state index >= 15 is 0 Å². The lowest BCUT2D eigenvalue weighted by Gasteiger charge is -2.20. The zero-order valence-corrected chi connectivity index (χ0v) is 37.9. The molecule has 1 aliphatic carbocycles. The standard InChI is InChI=1S/C63H52N2O/c1-4-42-39-55(41(3)40(2)37-56(64-62(42)45-21-9-6-10-22-45)53-30-18-29-52-50-26-14-16-32-59(50)66-63(52)53)46-23-17-24-47(38-46)65-57-31-15-13-28-54(57)61-58(65)36-34-44-33-35-48(43-19-7-5-8-20-43)49-25-11-12-27-51(49)60(44)61/h5-32,34,36,38,40,48H,4,33,35,37,39H2,1-3H3/b55-41+,62-42?,64-56?. The molecule has 8 aromatic carbocycles. The summed E-state index contributed by atoms with van der Waals surface area (Å²) in [5.41, 5.74) is 22.1. The van der Waals surface area contributed by atoms with Gasteiger partial charge in [-0.15, -0.1) is 0 Å². The van der Waals surface area contributed by atoms with Crippen LogP contribution in [0.15, 0.2) is 209 Å². The molecular weight excluding hydrogens is 801 g/mol. The molecule has 0 spiro atoms. The lowest BCUT2D eigenvalue weighted by Crippen LogP contribution is -2.10. The summed E-state index contributed by atoms with van der Waals surface area (Å²) in [6, 6.07) is 69.2. The number of aliphatic imine (C=N–C) groups is 1. The molecule has 66 heavy (non-hydrogen) atoms. The van der Waals surface area contributed by atoms with E-state index < -0.39 is 0 Å². The monoisotopic (exact) mass is 852 g/mol. The first-order valence-corrected chi connectivity index (χ1v) is 23.8. The topological polar surface area (TPSA) is 30.4 Å². The fraction of sp³-hybridized carbons (Fsp3) is 0.159. The summed E-state index contributed by atoms with van der Waals surface area (Å²) >= 11 is 0. The molecule has 3 nitrogen and oxygen atoms in total. The molecule has 2 aliphatic rings. The number of benzene rings is 8. The number of rotatable bonds is 6. The number of allylic oxidation sites excluding steroid dienone is 3. The van der Waals surface area contributed by atoms with Gasteiger partial charge in [-0.1, -0.05) is 171 Å². The molecule has 12 rings (SSSR count). The molecule has 0 saturated heterocycles. The van der Waals surface area contributed by atoms with Gasteiger partial charge in [0.2, 0.25) is 0 Å². The first-order valence-electron chi connectivity index (χ1n) is 23.8. The zero-order chi connectivity index (χ0) is 44.3. The van der Waals surface area contributed by atoms with Crippen molar-refractivity contribution < 1.29 is 4.42 Å². The molecule has 0 N–H and O–H groups in total. The molecule has 320 valence electrons. The molecule has 1 aliphatic heterocycles. The second-order valence-electron chi connectivity index (χ2n) is 18.4. The highest BCUT2D eigenvalue weighted by Gasteiger charge is 2.28. The second-order valence-corrected chi connectivity index (χ2v) is 18.4. The molecule has 0 fully saturated rings. The Hall–Kier alpha value is -7.49. The lowest BCUT2D eigenvalue weighted by atomic mass is 9.85. The van der Waals surface area contributed by atoms with Gasteiger partial charge in [0.05, 0.1) is 22.4 Å². The molecule has 2 aromatic heterocycles. The largest absolute Gasteiger partial charge is 0.455 e. The Morgan fingerprint density at radius 3 is 2.18 bits per heavy atom. The molecule has 2 unspecified atom stereocenters. The number of furan rings is 1. The van der Waals surface area contributed by atoms with E-state index in [9.17, 15) is 0 Å². The van der Waals surface area contributed by atoms with Gasteiger partial charge in [-0.05, 0) is 126 Å². The fourth-order valence-corrected chi connectivity index (χ4v) is 11.3. The highest BCUT2D eigenvalue weighted by molar-refractivity contribution is 6.18. The number of fused-ring (bicyclic) bond motifs is 10. The molecular formula is C63H52N2O. The highest BCUT2D eigenvalue weighted by Crippen LogP contribution is 2.48. The van der Waals surface area contributed by atoms with Crippen LogP contribution in [0, 0.1) is 5.92 Å². The quantitative estimate of drug-likeness (QED) is 0.164. The molecule has 10 aromatic rings. The van der Waals surface area contributed by atoms with Crippen molar-refractivity contribution in [3.05, 3.63) is 233 Å². The van der Waals surface area contributed by atoms with Crippen LogP contribution in [-0.2, 0) is 6.42 Å². The van der Waals surface area contributed by atoms with E-state index in [1.165, 1.54) is 77.6 Å². The summed E-state index contributed by atoms with van der Waals surface area (Å²) < 4.78 is 9.18. The van der Waals surface area contributed by atoms with Crippen LogP contribution in [-0.4, -0.2) is 10.3 Å². The SMILES string of the molecule is CCC1=C(c2ccccc2)N=C(c2cccc3c2oc2ccccc23)CC(C)/C(C)=C(/c2cccc(-n3c4ccccc4c4c5c(ccc43)CCC(c3ccccc3)c3ccccc3-5)c2)C1. The Kier molecular flexibility index (Phi) is 10.0. The lowest BCUT2D eigenvalue weighted by molar-refractivity contribution is 0.666. The predicted molar refractivity (Wildman–Crippen MR) is 278 cm³/mol. The van der Waals surface area contributed by atoms with Crippen LogP contribution in [0.2, 0.25) is 0 Å². The zero-order valence-electron chi connectivity index (χ0n) is 37.9. The van der Waals surface area contributed by atoms with Crippen LogP contribution in [0.3, 0.4) is 0 Å². The van der Waals surface area contributed by atoms with E-state index in [4.69, 9.17) is 9.41 Å². The van der Waals surface area contributed by atoms with E-state index in [0.717, 1.165) is 76.6 Å². The van der Waals surface area contributed by atoms with Gasteiger partial charge >= 0.3 is 0 Å².